The minimum absolute atomic E-state index is 0.0670. The first-order chi connectivity index (χ1) is 9.61. The number of aromatic nitrogens is 1. The molecule has 0 radical (unpaired) electrons. The Hall–Kier alpha value is -1.66. The smallest absolute Gasteiger partial charge is 0.189 e. The van der Waals surface area contributed by atoms with Crippen molar-refractivity contribution in [2.45, 2.75) is 25.4 Å². The Morgan fingerprint density at radius 2 is 2.25 bits per heavy atom. The van der Waals surface area contributed by atoms with Crippen LogP contribution in [-0.2, 0) is 6.54 Å². The van der Waals surface area contributed by atoms with Gasteiger partial charge < -0.3 is 15.8 Å². The summed E-state index contributed by atoms with van der Waals surface area (Å²) in [7, 11) is 4.28. The molecule has 0 aliphatic carbocycles. The molecule has 110 valence electrons. The number of pyridine rings is 1. The molecule has 2 rings (SSSR count). The van der Waals surface area contributed by atoms with Crippen LogP contribution in [0.2, 0.25) is 0 Å². The maximum absolute atomic E-state index is 8.83. The molecule has 0 bridgehead atoms. The van der Waals surface area contributed by atoms with Gasteiger partial charge in [0.05, 0.1) is 0 Å². The van der Waals surface area contributed by atoms with Crippen LogP contribution >= 0.6 is 0 Å². The van der Waals surface area contributed by atoms with Crippen molar-refractivity contribution in [1.82, 2.24) is 14.8 Å². The normalized spacial score (nSPS) is 18.6. The molecule has 0 saturated carbocycles. The summed E-state index contributed by atoms with van der Waals surface area (Å²) in [4.78, 5) is 8.90. The molecule has 20 heavy (non-hydrogen) atoms. The molecule has 3 N–H and O–H groups in total. The zero-order valence-corrected chi connectivity index (χ0v) is 12.2. The lowest BCUT2D eigenvalue weighted by Gasteiger charge is -2.35. The van der Waals surface area contributed by atoms with Gasteiger partial charge in [-0.15, -0.1) is 0 Å². The Morgan fingerprint density at radius 1 is 1.55 bits per heavy atom. The van der Waals surface area contributed by atoms with E-state index in [-0.39, 0.29) is 5.84 Å². The van der Waals surface area contributed by atoms with Crippen LogP contribution in [0.5, 0.6) is 0 Å². The first-order valence-corrected chi connectivity index (χ1v) is 6.92. The number of oxime groups is 1. The number of hydrogen-bond acceptors (Lipinski definition) is 5. The van der Waals surface area contributed by atoms with Crippen LogP contribution in [0, 0.1) is 0 Å². The van der Waals surface area contributed by atoms with E-state index >= 15 is 0 Å². The highest BCUT2D eigenvalue weighted by atomic mass is 16.4. The van der Waals surface area contributed by atoms with Gasteiger partial charge in [-0.1, -0.05) is 11.2 Å². The van der Waals surface area contributed by atoms with Crippen LogP contribution in [0.3, 0.4) is 0 Å². The van der Waals surface area contributed by atoms with E-state index in [9.17, 15) is 0 Å². The van der Waals surface area contributed by atoms with Gasteiger partial charge in [0, 0.05) is 18.8 Å². The fourth-order valence-corrected chi connectivity index (χ4v) is 2.68. The highest BCUT2D eigenvalue weighted by molar-refractivity contribution is 5.96. The Balaban J connectivity index is 2.06. The molecular formula is C14H23N5O. The second-order valence-corrected chi connectivity index (χ2v) is 5.45. The summed E-state index contributed by atoms with van der Waals surface area (Å²) in [6.07, 6.45) is 4.00. The van der Waals surface area contributed by atoms with Crippen LogP contribution in [0.4, 0.5) is 0 Å². The van der Waals surface area contributed by atoms with Gasteiger partial charge in [-0.2, -0.15) is 0 Å². The van der Waals surface area contributed by atoms with Gasteiger partial charge in [0.25, 0.3) is 0 Å². The third-order valence-corrected chi connectivity index (χ3v) is 3.97. The van der Waals surface area contributed by atoms with Gasteiger partial charge in [0.15, 0.2) is 5.84 Å². The van der Waals surface area contributed by atoms with E-state index in [1.54, 1.807) is 6.20 Å². The number of piperidine rings is 1. The van der Waals surface area contributed by atoms with Crippen molar-refractivity contribution in [3.8, 4) is 0 Å². The molecule has 0 atom stereocenters. The predicted octanol–water partition coefficient (Wildman–Crippen LogP) is 0.702. The van der Waals surface area contributed by atoms with Gasteiger partial charge in [-0.05, 0) is 51.7 Å². The average molecular weight is 277 g/mol. The van der Waals surface area contributed by atoms with E-state index in [1.807, 2.05) is 12.1 Å². The molecule has 1 aromatic heterocycles. The van der Waals surface area contributed by atoms with Crippen molar-refractivity contribution in [2.75, 3.05) is 27.2 Å². The van der Waals surface area contributed by atoms with Gasteiger partial charge in [0.2, 0.25) is 0 Å². The number of rotatable bonds is 4. The lowest BCUT2D eigenvalue weighted by Crippen LogP contribution is -2.41. The summed E-state index contributed by atoms with van der Waals surface area (Å²) >= 11 is 0. The fraction of sp³-hybridized carbons (Fsp3) is 0.571. The standard InChI is InChI=1S/C14H23N5O/c1-18-8-5-12(6-9-18)19(2)10-11-4-3-7-16-13(11)14(15)17-20/h3-4,7,12,20H,5-6,8-10H2,1-2H3,(H2,15,17). The second-order valence-electron chi connectivity index (χ2n) is 5.45. The van der Waals surface area contributed by atoms with Crippen molar-refractivity contribution in [2.24, 2.45) is 10.9 Å². The Morgan fingerprint density at radius 3 is 2.90 bits per heavy atom. The lowest BCUT2D eigenvalue weighted by atomic mass is 10.0. The third kappa shape index (κ3) is 3.46. The molecular weight excluding hydrogens is 254 g/mol. The summed E-state index contributed by atoms with van der Waals surface area (Å²) in [5, 5.41) is 11.9. The topological polar surface area (TPSA) is 78.0 Å². The van der Waals surface area contributed by atoms with Crippen LogP contribution in [0.25, 0.3) is 0 Å². The number of amidine groups is 1. The molecule has 6 nitrogen and oxygen atoms in total. The number of likely N-dealkylation sites (tertiary alicyclic amines) is 1. The highest BCUT2D eigenvalue weighted by Gasteiger charge is 2.21. The largest absolute Gasteiger partial charge is 0.409 e. The van der Waals surface area contributed by atoms with Crippen LogP contribution < -0.4 is 5.73 Å². The van der Waals surface area contributed by atoms with Crippen molar-refractivity contribution in [1.29, 1.82) is 0 Å². The minimum Gasteiger partial charge on any atom is -0.409 e. The monoisotopic (exact) mass is 277 g/mol. The zero-order valence-electron chi connectivity index (χ0n) is 12.2. The minimum atomic E-state index is 0.0670. The van der Waals surface area contributed by atoms with Crippen LogP contribution in [-0.4, -0.2) is 59.1 Å². The van der Waals surface area contributed by atoms with Gasteiger partial charge in [0.1, 0.15) is 5.69 Å². The molecule has 1 aromatic rings. The Bertz CT molecular complexity index is 468. The Kier molecular flexibility index (Phi) is 4.92. The molecule has 1 aliphatic heterocycles. The molecule has 0 amide bonds. The fourth-order valence-electron chi connectivity index (χ4n) is 2.68. The third-order valence-electron chi connectivity index (χ3n) is 3.97. The van der Waals surface area contributed by atoms with E-state index in [0.717, 1.165) is 25.2 Å². The molecule has 0 spiro atoms. The van der Waals surface area contributed by atoms with E-state index in [0.29, 0.717) is 11.7 Å². The number of nitrogens with two attached hydrogens (primary N) is 1. The average Bonchev–Trinajstić information content (AvgIpc) is 2.47. The predicted molar refractivity (Wildman–Crippen MR) is 78.7 cm³/mol. The van der Waals surface area contributed by atoms with Crippen molar-refractivity contribution in [3.05, 3.63) is 29.6 Å². The molecule has 1 fully saturated rings. The summed E-state index contributed by atoms with van der Waals surface area (Å²) < 4.78 is 0. The summed E-state index contributed by atoms with van der Waals surface area (Å²) in [6, 6.07) is 4.43. The second kappa shape index (κ2) is 6.67. The lowest BCUT2D eigenvalue weighted by molar-refractivity contribution is 0.139. The number of nitrogens with zero attached hydrogens (tertiary/aromatic N) is 4. The van der Waals surface area contributed by atoms with Gasteiger partial charge in [-0.25, -0.2) is 0 Å². The summed E-state index contributed by atoms with van der Waals surface area (Å²) in [6.45, 7) is 3.03. The van der Waals surface area contributed by atoms with E-state index in [4.69, 9.17) is 10.9 Å². The van der Waals surface area contributed by atoms with Crippen molar-refractivity contribution >= 4 is 5.84 Å². The molecule has 1 aliphatic rings. The SMILES string of the molecule is CN1CCC(N(C)Cc2cccnc2C(N)=NO)CC1. The molecule has 1 saturated heterocycles. The van der Waals surface area contributed by atoms with E-state index in [1.165, 1.54) is 12.8 Å². The molecule has 6 heteroatoms. The van der Waals surface area contributed by atoms with Crippen LogP contribution in [0.15, 0.2) is 23.5 Å². The zero-order chi connectivity index (χ0) is 14.5. The molecule has 2 heterocycles. The first-order valence-electron chi connectivity index (χ1n) is 6.92. The van der Waals surface area contributed by atoms with Crippen LogP contribution in [0.1, 0.15) is 24.1 Å². The quantitative estimate of drug-likeness (QED) is 0.367. The van der Waals surface area contributed by atoms with Crippen molar-refractivity contribution in [3.63, 3.8) is 0 Å². The maximum atomic E-state index is 8.83. The van der Waals surface area contributed by atoms with E-state index < -0.39 is 0 Å². The van der Waals surface area contributed by atoms with Gasteiger partial charge >= 0.3 is 0 Å². The van der Waals surface area contributed by atoms with Crippen molar-refractivity contribution < 1.29 is 5.21 Å². The summed E-state index contributed by atoms with van der Waals surface area (Å²) in [5.41, 5.74) is 7.23. The Labute approximate surface area is 119 Å². The summed E-state index contributed by atoms with van der Waals surface area (Å²) in [5.74, 6) is 0.0670. The molecule has 0 aromatic carbocycles. The highest BCUT2D eigenvalue weighted by Crippen LogP contribution is 2.17. The number of hydrogen-bond donors (Lipinski definition) is 2. The van der Waals surface area contributed by atoms with E-state index in [2.05, 4.69) is 34.0 Å². The van der Waals surface area contributed by atoms with Gasteiger partial charge in [-0.3, -0.25) is 9.88 Å². The maximum Gasteiger partial charge on any atom is 0.189 e. The molecule has 0 unspecified atom stereocenters. The first kappa shape index (κ1) is 14.7.